The Morgan fingerprint density at radius 1 is 1.36 bits per heavy atom. The van der Waals surface area contributed by atoms with Gasteiger partial charge in [0.25, 0.3) is 0 Å². The number of hydrogen-bond donors (Lipinski definition) is 1. The van der Waals surface area contributed by atoms with Gasteiger partial charge < -0.3 is 10.2 Å². The van der Waals surface area contributed by atoms with Gasteiger partial charge in [0.05, 0.1) is 10.6 Å². The maximum Gasteiger partial charge on any atom is 0.249 e. The Hall–Kier alpha value is -1.08. The quantitative estimate of drug-likeness (QED) is 0.900. The van der Waals surface area contributed by atoms with Gasteiger partial charge in [0.2, 0.25) is 11.8 Å². The van der Waals surface area contributed by atoms with Crippen LogP contribution in [0, 0.1) is 0 Å². The van der Waals surface area contributed by atoms with Crippen LogP contribution in [0.25, 0.3) is 0 Å². The van der Waals surface area contributed by atoms with Crippen molar-refractivity contribution in [2.45, 2.75) is 56.4 Å². The van der Waals surface area contributed by atoms with E-state index in [9.17, 15) is 9.59 Å². The van der Waals surface area contributed by atoms with Crippen LogP contribution < -0.4 is 5.32 Å². The highest BCUT2D eigenvalue weighted by Crippen LogP contribution is 2.47. The lowest BCUT2D eigenvalue weighted by atomic mass is 10.0. The number of carbonyl (C=O) groups is 2. The maximum atomic E-state index is 12.6. The van der Waals surface area contributed by atoms with Crippen molar-refractivity contribution < 1.29 is 9.59 Å². The summed E-state index contributed by atoms with van der Waals surface area (Å²) in [7, 11) is 0. The van der Waals surface area contributed by atoms with Crippen molar-refractivity contribution >= 4 is 40.0 Å². The Labute approximate surface area is 137 Å². The van der Waals surface area contributed by atoms with Crippen molar-refractivity contribution in [2.75, 3.05) is 11.1 Å². The fraction of sp³-hybridized carbons (Fsp3) is 0.667. The Bertz CT molecular complexity index is 621. The molecule has 1 aromatic rings. The van der Waals surface area contributed by atoms with Gasteiger partial charge in [0.15, 0.2) is 5.13 Å². The molecular formula is C15H19N3O2S2. The smallest absolute Gasteiger partial charge is 0.249 e. The lowest BCUT2D eigenvalue weighted by Gasteiger charge is -2.29. The lowest BCUT2D eigenvalue weighted by molar-refractivity contribution is -0.135. The summed E-state index contributed by atoms with van der Waals surface area (Å²) in [4.78, 5) is 32.2. The molecule has 1 aliphatic carbocycles. The van der Waals surface area contributed by atoms with Crippen LogP contribution in [0.4, 0.5) is 5.13 Å². The first-order valence-corrected chi connectivity index (χ1v) is 9.63. The van der Waals surface area contributed by atoms with E-state index in [2.05, 4.69) is 17.2 Å². The number of aryl methyl sites for hydroxylation is 2. The monoisotopic (exact) mass is 337 g/mol. The number of nitrogens with zero attached hydrogens (tertiary/aromatic N) is 2. The van der Waals surface area contributed by atoms with Gasteiger partial charge in [0.1, 0.15) is 6.04 Å². The van der Waals surface area contributed by atoms with Crippen LogP contribution in [0.15, 0.2) is 0 Å². The van der Waals surface area contributed by atoms with E-state index in [1.807, 2.05) is 0 Å². The summed E-state index contributed by atoms with van der Waals surface area (Å²) < 4.78 is 0. The normalized spacial score (nSPS) is 30.3. The predicted molar refractivity (Wildman–Crippen MR) is 88.1 cm³/mol. The average Bonchev–Trinajstić information content (AvgIpc) is 3.12. The zero-order valence-electron chi connectivity index (χ0n) is 12.6. The number of carbonyl (C=O) groups excluding carboxylic acids is 2. The second kappa shape index (κ2) is 5.23. The summed E-state index contributed by atoms with van der Waals surface area (Å²) in [5, 5.41) is 3.65. The fourth-order valence-electron chi connectivity index (χ4n) is 3.61. The van der Waals surface area contributed by atoms with Gasteiger partial charge >= 0.3 is 0 Å². The maximum absolute atomic E-state index is 12.6. The van der Waals surface area contributed by atoms with Gasteiger partial charge in [-0.15, -0.1) is 23.1 Å². The minimum absolute atomic E-state index is 0.0856. The summed E-state index contributed by atoms with van der Waals surface area (Å²) in [5.74, 6) is 0.697. The van der Waals surface area contributed by atoms with E-state index in [0.29, 0.717) is 17.3 Å². The molecule has 0 spiro atoms. The number of thiazole rings is 1. The fourth-order valence-corrected chi connectivity index (χ4v) is 6.09. The SMILES string of the molecule is C[C@@]12CCC(=O)N1[C@H](C(=O)Nc1nc3c(s1)CCCC3)CS2. The molecule has 3 heterocycles. The molecule has 2 atom stereocenters. The van der Waals surface area contributed by atoms with Crippen molar-refractivity contribution in [2.24, 2.45) is 0 Å². The van der Waals surface area contributed by atoms with Crippen LogP contribution in [0.2, 0.25) is 0 Å². The number of nitrogens with one attached hydrogen (secondary N) is 1. The molecule has 1 aromatic heterocycles. The summed E-state index contributed by atoms with van der Waals surface area (Å²) in [6.07, 6.45) is 5.88. The van der Waals surface area contributed by atoms with Crippen LogP contribution in [0.3, 0.4) is 0 Å². The first kappa shape index (κ1) is 14.5. The third-order valence-electron chi connectivity index (χ3n) is 4.82. The molecule has 0 radical (unpaired) electrons. The van der Waals surface area contributed by atoms with E-state index >= 15 is 0 Å². The van der Waals surface area contributed by atoms with E-state index in [1.54, 1.807) is 28.0 Å². The second-order valence-electron chi connectivity index (χ2n) is 6.35. The number of thioether (sulfide) groups is 1. The molecule has 1 N–H and O–H groups in total. The van der Waals surface area contributed by atoms with Crippen molar-refractivity contribution in [3.63, 3.8) is 0 Å². The third kappa shape index (κ3) is 2.25. The highest BCUT2D eigenvalue weighted by atomic mass is 32.2. The zero-order valence-corrected chi connectivity index (χ0v) is 14.2. The minimum Gasteiger partial charge on any atom is -0.315 e. The molecule has 4 rings (SSSR count). The molecule has 0 saturated carbocycles. The Kier molecular flexibility index (Phi) is 3.45. The van der Waals surface area contributed by atoms with Gasteiger partial charge in [-0.25, -0.2) is 4.98 Å². The van der Waals surface area contributed by atoms with Gasteiger partial charge in [-0.05, 0) is 39.0 Å². The first-order chi connectivity index (χ1) is 10.6. The highest BCUT2D eigenvalue weighted by Gasteiger charge is 2.52. The van der Waals surface area contributed by atoms with Crippen LogP contribution in [-0.2, 0) is 22.4 Å². The van der Waals surface area contributed by atoms with Crippen LogP contribution in [0.1, 0.15) is 43.2 Å². The van der Waals surface area contributed by atoms with Crippen LogP contribution >= 0.6 is 23.1 Å². The molecule has 0 aromatic carbocycles. The number of aromatic nitrogens is 1. The lowest BCUT2D eigenvalue weighted by Crippen LogP contribution is -2.48. The van der Waals surface area contributed by atoms with E-state index in [0.717, 1.165) is 25.0 Å². The van der Waals surface area contributed by atoms with Crippen LogP contribution in [-0.4, -0.2) is 38.4 Å². The predicted octanol–water partition coefficient (Wildman–Crippen LogP) is 2.41. The molecule has 5 nitrogen and oxygen atoms in total. The zero-order chi connectivity index (χ0) is 15.3. The summed E-state index contributed by atoms with van der Waals surface area (Å²) in [5.41, 5.74) is 1.15. The summed E-state index contributed by atoms with van der Waals surface area (Å²) >= 11 is 3.31. The van der Waals surface area contributed by atoms with Gasteiger partial charge in [-0.3, -0.25) is 9.59 Å². The molecule has 2 amide bonds. The van der Waals surface area contributed by atoms with Gasteiger partial charge in [0, 0.05) is 17.1 Å². The molecule has 22 heavy (non-hydrogen) atoms. The van der Waals surface area contributed by atoms with Crippen molar-refractivity contribution in [3.05, 3.63) is 10.6 Å². The van der Waals surface area contributed by atoms with Crippen molar-refractivity contribution in [1.82, 2.24) is 9.88 Å². The number of rotatable bonds is 2. The molecule has 7 heteroatoms. The Morgan fingerprint density at radius 3 is 3.00 bits per heavy atom. The molecule has 3 aliphatic rings. The van der Waals surface area contributed by atoms with Gasteiger partial charge in [-0.1, -0.05) is 0 Å². The number of amides is 2. The minimum atomic E-state index is -0.356. The molecule has 2 fully saturated rings. The molecule has 0 unspecified atom stereocenters. The largest absolute Gasteiger partial charge is 0.315 e. The molecular weight excluding hydrogens is 318 g/mol. The van der Waals surface area contributed by atoms with E-state index in [-0.39, 0.29) is 22.7 Å². The Balaban J connectivity index is 1.50. The highest BCUT2D eigenvalue weighted by molar-refractivity contribution is 8.01. The number of fused-ring (bicyclic) bond motifs is 2. The Morgan fingerprint density at radius 2 is 2.18 bits per heavy atom. The van der Waals surface area contributed by atoms with E-state index < -0.39 is 0 Å². The molecule has 118 valence electrons. The van der Waals surface area contributed by atoms with Crippen LogP contribution in [0.5, 0.6) is 0 Å². The third-order valence-corrected chi connectivity index (χ3v) is 7.40. The second-order valence-corrected chi connectivity index (χ2v) is 8.94. The van der Waals surface area contributed by atoms with E-state index in [1.165, 1.54) is 17.7 Å². The first-order valence-electron chi connectivity index (χ1n) is 7.82. The topological polar surface area (TPSA) is 62.3 Å². The molecule has 0 bridgehead atoms. The van der Waals surface area contributed by atoms with Gasteiger partial charge in [-0.2, -0.15) is 0 Å². The van der Waals surface area contributed by atoms with Crippen molar-refractivity contribution in [1.29, 1.82) is 0 Å². The molecule has 2 saturated heterocycles. The standard InChI is InChI=1S/C15H19N3O2S2/c1-15-7-6-12(19)18(15)10(8-21-15)13(20)17-14-16-9-4-2-3-5-11(9)22-14/h10H,2-8H2,1H3,(H,16,17,20)/t10-,15+/m0/s1. The molecule has 2 aliphatic heterocycles. The van der Waals surface area contributed by atoms with Crippen molar-refractivity contribution in [3.8, 4) is 0 Å². The number of anilines is 1. The number of hydrogen-bond acceptors (Lipinski definition) is 5. The average molecular weight is 337 g/mol. The summed E-state index contributed by atoms with van der Waals surface area (Å²) in [6, 6.07) is -0.356. The summed E-state index contributed by atoms with van der Waals surface area (Å²) in [6.45, 7) is 2.07. The van der Waals surface area contributed by atoms with E-state index in [4.69, 9.17) is 0 Å².